The molecule has 2 atom stereocenters. The van der Waals surface area contributed by atoms with Crippen LogP contribution >= 0.6 is 0 Å². The number of methoxy groups -OCH3 is 1. The Bertz CT molecular complexity index is 422. The normalized spacial score (nSPS) is 24.8. The van der Waals surface area contributed by atoms with Gasteiger partial charge in [0.1, 0.15) is 0 Å². The number of unbranched alkanes of at least 4 members (excludes halogenated alkanes) is 4. The van der Waals surface area contributed by atoms with E-state index in [1.54, 1.807) is 7.11 Å². The zero-order valence-electron chi connectivity index (χ0n) is 14.7. The second kappa shape index (κ2) is 9.14. The van der Waals surface area contributed by atoms with Crippen LogP contribution in [0.15, 0.2) is 23.3 Å². The van der Waals surface area contributed by atoms with E-state index >= 15 is 0 Å². The molecule has 0 aliphatic heterocycles. The number of carbonyl (C=O) groups is 1. The molecule has 0 spiro atoms. The Morgan fingerprint density at radius 1 is 1.27 bits per heavy atom. The molecule has 1 rings (SSSR count). The van der Waals surface area contributed by atoms with E-state index in [4.69, 9.17) is 4.74 Å². The molecule has 0 saturated heterocycles. The summed E-state index contributed by atoms with van der Waals surface area (Å²) >= 11 is 0. The lowest BCUT2D eigenvalue weighted by Crippen LogP contribution is -2.40. The summed E-state index contributed by atoms with van der Waals surface area (Å²) < 4.78 is 5.21. The van der Waals surface area contributed by atoms with Crippen molar-refractivity contribution < 1.29 is 14.6 Å². The van der Waals surface area contributed by atoms with Crippen molar-refractivity contribution in [3.05, 3.63) is 23.3 Å². The van der Waals surface area contributed by atoms with Crippen LogP contribution in [0, 0.1) is 11.3 Å². The van der Waals surface area contributed by atoms with Gasteiger partial charge >= 0.3 is 5.97 Å². The van der Waals surface area contributed by atoms with Crippen LogP contribution < -0.4 is 0 Å². The van der Waals surface area contributed by atoms with Crippen LogP contribution in [0.5, 0.6) is 0 Å². The lowest BCUT2D eigenvalue weighted by Gasteiger charge is -2.39. The number of allylic oxidation sites excluding steroid dienone is 3. The SMILES string of the molecule is CCCCCCCC1(C(=O)O)C=C(C)C=C(C)C1CCOC. The van der Waals surface area contributed by atoms with Crippen LogP contribution in [-0.2, 0) is 9.53 Å². The van der Waals surface area contributed by atoms with Crippen LogP contribution in [0.2, 0.25) is 0 Å². The van der Waals surface area contributed by atoms with Crippen molar-refractivity contribution in [3.8, 4) is 0 Å². The van der Waals surface area contributed by atoms with Gasteiger partial charge in [-0.25, -0.2) is 0 Å². The van der Waals surface area contributed by atoms with Gasteiger partial charge in [-0.05, 0) is 26.7 Å². The first-order valence-corrected chi connectivity index (χ1v) is 8.58. The summed E-state index contributed by atoms with van der Waals surface area (Å²) in [6, 6.07) is 0. The Morgan fingerprint density at radius 3 is 2.55 bits per heavy atom. The van der Waals surface area contributed by atoms with E-state index in [2.05, 4.69) is 19.9 Å². The topological polar surface area (TPSA) is 46.5 Å². The first-order valence-electron chi connectivity index (χ1n) is 8.58. The number of ether oxygens (including phenoxy) is 1. The van der Waals surface area contributed by atoms with E-state index in [0.29, 0.717) is 6.61 Å². The van der Waals surface area contributed by atoms with Crippen molar-refractivity contribution in [3.63, 3.8) is 0 Å². The maximum Gasteiger partial charge on any atom is 0.314 e. The van der Waals surface area contributed by atoms with Gasteiger partial charge in [0.2, 0.25) is 0 Å². The fourth-order valence-corrected chi connectivity index (χ4v) is 3.72. The smallest absolute Gasteiger partial charge is 0.314 e. The first-order chi connectivity index (χ1) is 10.5. The van der Waals surface area contributed by atoms with Crippen molar-refractivity contribution in [1.29, 1.82) is 0 Å². The summed E-state index contributed by atoms with van der Waals surface area (Å²) in [7, 11) is 1.68. The summed E-state index contributed by atoms with van der Waals surface area (Å²) in [5.74, 6) is -0.643. The Labute approximate surface area is 135 Å². The maximum atomic E-state index is 12.1. The number of hydrogen-bond donors (Lipinski definition) is 1. The minimum absolute atomic E-state index is 0.0415. The molecule has 1 N–H and O–H groups in total. The van der Waals surface area contributed by atoms with E-state index in [9.17, 15) is 9.90 Å². The number of aliphatic carboxylic acids is 1. The van der Waals surface area contributed by atoms with Crippen LogP contribution in [-0.4, -0.2) is 24.8 Å². The molecule has 2 unspecified atom stereocenters. The zero-order valence-corrected chi connectivity index (χ0v) is 14.7. The molecule has 0 heterocycles. The highest BCUT2D eigenvalue weighted by Crippen LogP contribution is 2.45. The van der Waals surface area contributed by atoms with Crippen molar-refractivity contribution in [1.82, 2.24) is 0 Å². The molecule has 1 aliphatic carbocycles. The quantitative estimate of drug-likeness (QED) is 0.579. The van der Waals surface area contributed by atoms with Crippen LogP contribution in [0.4, 0.5) is 0 Å². The molecule has 0 amide bonds. The van der Waals surface area contributed by atoms with E-state index in [1.807, 2.05) is 13.0 Å². The highest BCUT2D eigenvalue weighted by atomic mass is 16.5. The Balaban J connectivity index is 2.89. The third-order valence-electron chi connectivity index (χ3n) is 4.81. The van der Waals surface area contributed by atoms with E-state index in [-0.39, 0.29) is 5.92 Å². The fourth-order valence-electron chi connectivity index (χ4n) is 3.72. The van der Waals surface area contributed by atoms with Crippen LogP contribution in [0.25, 0.3) is 0 Å². The molecule has 3 nitrogen and oxygen atoms in total. The average molecular weight is 308 g/mol. The third-order valence-corrected chi connectivity index (χ3v) is 4.81. The third kappa shape index (κ3) is 4.70. The van der Waals surface area contributed by atoms with Gasteiger partial charge in [0.15, 0.2) is 0 Å². The second-order valence-corrected chi connectivity index (χ2v) is 6.62. The van der Waals surface area contributed by atoms with Gasteiger partial charge in [0, 0.05) is 19.6 Å². The number of rotatable bonds is 10. The molecule has 0 saturated carbocycles. The summed E-state index contributed by atoms with van der Waals surface area (Å²) in [5.41, 5.74) is 1.49. The van der Waals surface area contributed by atoms with Crippen LogP contribution in [0.1, 0.15) is 65.7 Å². The van der Waals surface area contributed by atoms with Gasteiger partial charge in [0.05, 0.1) is 5.41 Å². The molecule has 0 fully saturated rings. The molecular weight excluding hydrogens is 276 g/mol. The molecule has 22 heavy (non-hydrogen) atoms. The number of carboxylic acids is 1. The minimum atomic E-state index is -0.756. The molecule has 1 aliphatic rings. The largest absolute Gasteiger partial charge is 0.481 e. The molecule has 0 radical (unpaired) electrons. The van der Waals surface area contributed by atoms with Gasteiger partial charge < -0.3 is 9.84 Å². The van der Waals surface area contributed by atoms with Gasteiger partial charge in [0.25, 0.3) is 0 Å². The molecule has 0 bridgehead atoms. The summed E-state index contributed by atoms with van der Waals surface area (Å²) in [4.78, 5) is 12.1. The minimum Gasteiger partial charge on any atom is -0.481 e. The number of hydrogen-bond acceptors (Lipinski definition) is 2. The highest BCUT2D eigenvalue weighted by Gasteiger charge is 2.45. The summed E-state index contributed by atoms with van der Waals surface area (Å²) in [6.45, 7) is 6.87. The van der Waals surface area contributed by atoms with Gasteiger partial charge in [-0.3, -0.25) is 4.79 Å². The van der Waals surface area contributed by atoms with Crippen molar-refractivity contribution in [2.45, 2.75) is 65.7 Å². The van der Waals surface area contributed by atoms with Crippen molar-refractivity contribution >= 4 is 5.97 Å². The first kappa shape index (κ1) is 19.0. The Morgan fingerprint density at radius 2 is 1.95 bits per heavy atom. The van der Waals surface area contributed by atoms with Crippen molar-refractivity contribution in [2.24, 2.45) is 11.3 Å². The molecule has 126 valence electrons. The average Bonchev–Trinajstić information content (AvgIpc) is 2.45. The van der Waals surface area contributed by atoms with Gasteiger partial charge in [-0.2, -0.15) is 0 Å². The highest BCUT2D eigenvalue weighted by molar-refractivity contribution is 5.79. The lowest BCUT2D eigenvalue weighted by molar-refractivity contribution is -0.149. The zero-order chi connectivity index (χ0) is 16.6. The van der Waals surface area contributed by atoms with Crippen LogP contribution in [0.3, 0.4) is 0 Å². The Hall–Kier alpha value is -1.09. The summed E-state index contributed by atoms with van der Waals surface area (Å²) in [6.07, 6.45) is 11.4. The molecular formula is C19H32O3. The lowest BCUT2D eigenvalue weighted by atomic mass is 9.64. The maximum absolute atomic E-state index is 12.1. The fraction of sp³-hybridized carbons (Fsp3) is 0.737. The van der Waals surface area contributed by atoms with E-state index < -0.39 is 11.4 Å². The number of carboxylic acid groups (broad SMARTS) is 1. The summed E-state index contributed by atoms with van der Waals surface area (Å²) in [5, 5.41) is 9.98. The van der Waals surface area contributed by atoms with Gasteiger partial charge in [-0.1, -0.05) is 62.3 Å². The Kier molecular flexibility index (Phi) is 7.88. The van der Waals surface area contributed by atoms with Crippen molar-refractivity contribution in [2.75, 3.05) is 13.7 Å². The monoisotopic (exact) mass is 308 g/mol. The standard InChI is InChI=1S/C19H32O3/c1-5-6-7-8-9-11-19(18(20)21)14-15(2)13-16(3)17(19)10-12-22-4/h13-14,17H,5-12H2,1-4H3,(H,20,21). The molecule has 0 aromatic rings. The predicted molar refractivity (Wildman–Crippen MR) is 90.9 cm³/mol. The molecule has 0 aromatic heterocycles. The van der Waals surface area contributed by atoms with Gasteiger partial charge in [-0.15, -0.1) is 0 Å². The molecule has 0 aromatic carbocycles. The predicted octanol–water partition coefficient (Wildman–Crippen LogP) is 4.98. The van der Waals surface area contributed by atoms with E-state index in [0.717, 1.165) is 31.3 Å². The molecule has 3 heteroatoms. The second-order valence-electron chi connectivity index (χ2n) is 6.62. The van der Waals surface area contributed by atoms with E-state index in [1.165, 1.54) is 24.8 Å².